The average Bonchev–Trinajstić information content (AvgIpc) is 2.28. The fraction of sp³-hybridized carbons (Fsp3) is 0.600. The highest BCUT2D eigenvalue weighted by Gasteiger charge is 2.30. The van der Waals surface area contributed by atoms with E-state index in [1.54, 1.807) is 17.2 Å². The van der Waals surface area contributed by atoms with Crippen LogP contribution in [-0.2, 0) is 0 Å². The lowest BCUT2D eigenvalue weighted by Crippen LogP contribution is -2.60. The fourth-order valence-corrected chi connectivity index (χ4v) is 1.61. The molecule has 1 rings (SSSR count). The van der Waals surface area contributed by atoms with Gasteiger partial charge in [-0.15, -0.1) is 9.87 Å². The van der Waals surface area contributed by atoms with Crippen molar-refractivity contribution < 1.29 is 10.1 Å². The molecule has 0 aliphatic carbocycles. The Morgan fingerprint density at radius 2 is 2.19 bits per heavy atom. The molecule has 0 aromatic rings. The number of allylic oxidation sites excluding steroid dienone is 2. The van der Waals surface area contributed by atoms with Gasteiger partial charge in [0.2, 0.25) is 0 Å². The zero-order valence-corrected chi connectivity index (χ0v) is 9.62. The molecule has 1 unspecified atom stereocenters. The normalized spacial score (nSPS) is 24.4. The number of nitrogens with zero attached hydrogens (tertiary/aromatic N) is 3. The molecule has 6 heteroatoms. The number of rotatable bonds is 6. The lowest BCUT2D eigenvalue weighted by atomic mass is 10.4. The van der Waals surface area contributed by atoms with Gasteiger partial charge < -0.3 is 10.9 Å². The van der Waals surface area contributed by atoms with E-state index in [1.165, 1.54) is 12.4 Å². The maximum Gasteiger partial charge on any atom is 0.143 e. The van der Waals surface area contributed by atoms with Gasteiger partial charge in [0.05, 0.1) is 19.3 Å². The van der Waals surface area contributed by atoms with E-state index in [0.29, 0.717) is 24.8 Å². The maximum absolute atomic E-state index is 12.4. The first kappa shape index (κ1) is 13.1. The molecule has 16 heavy (non-hydrogen) atoms. The van der Waals surface area contributed by atoms with E-state index < -0.39 is 4.86 Å². The van der Waals surface area contributed by atoms with Crippen molar-refractivity contribution >= 4 is 0 Å². The van der Waals surface area contributed by atoms with Crippen molar-refractivity contribution in [3.8, 4) is 0 Å². The Morgan fingerprint density at radius 1 is 1.44 bits per heavy atom. The third-order valence-electron chi connectivity index (χ3n) is 2.41. The largest absolute Gasteiger partial charge is 0.579 e. The molecule has 3 N–H and O–H groups in total. The van der Waals surface area contributed by atoms with Gasteiger partial charge in [-0.3, -0.25) is 0 Å². The molecule has 0 fully saturated rings. The Morgan fingerprint density at radius 3 is 2.75 bits per heavy atom. The van der Waals surface area contributed by atoms with Gasteiger partial charge >= 0.3 is 0 Å². The van der Waals surface area contributed by atoms with Crippen LogP contribution in [0.2, 0.25) is 0 Å². The van der Waals surface area contributed by atoms with Gasteiger partial charge in [0.25, 0.3) is 0 Å². The molecule has 6 nitrogen and oxygen atoms in total. The first-order chi connectivity index (χ1) is 7.65. The van der Waals surface area contributed by atoms with E-state index in [1.807, 2.05) is 6.92 Å². The van der Waals surface area contributed by atoms with Gasteiger partial charge in [-0.25, -0.2) is 5.21 Å². The number of hydrogen-bond acceptors (Lipinski definition) is 5. The SMILES string of the molecule is CCCN(CCCN)[N+]1([O-])C=CC=CN1O. The van der Waals surface area contributed by atoms with Crippen LogP contribution in [0.3, 0.4) is 0 Å². The van der Waals surface area contributed by atoms with Crippen LogP contribution in [0.25, 0.3) is 0 Å². The predicted octanol–water partition coefficient (Wildman–Crippen LogP) is 0.924. The molecule has 0 bridgehead atoms. The van der Waals surface area contributed by atoms with E-state index in [4.69, 9.17) is 5.73 Å². The minimum atomic E-state index is -0.982. The quantitative estimate of drug-likeness (QED) is 0.522. The highest BCUT2D eigenvalue weighted by molar-refractivity contribution is 5.00. The maximum atomic E-state index is 12.4. The van der Waals surface area contributed by atoms with E-state index in [0.717, 1.165) is 12.8 Å². The van der Waals surface area contributed by atoms with Crippen LogP contribution in [-0.4, -0.2) is 39.9 Å². The first-order valence-corrected chi connectivity index (χ1v) is 5.55. The van der Waals surface area contributed by atoms with Gasteiger partial charge in [0.15, 0.2) is 0 Å². The lowest BCUT2D eigenvalue weighted by molar-refractivity contribution is -1.08. The molecule has 1 atom stereocenters. The predicted molar refractivity (Wildman–Crippen MR) is 61.1 cm³/mol. The Labute approximate surface area is 95.9 Å². The molecule has 0 spiro atoms. The van der Waals surface area contributed by atoms with Crippen molar-refractivity contribution in [1.82, 2.24) is 10.2 Å². The fourth-order valence-electron chi connectivity index (χ4n) is 1.61. The van der Waals surface area contributed by atoms with Crippen LogP contribution in [0.15, 0.2) is 24.6 Å². The van der Waals surface area contributed by atoms with Gasteiger partial charge in [-0.2, -0.15) is 0 Å². The van der Waals surface area contributed by atoms with Gasteiger partial charge in [0, 0.05) is 0 Å². The van der Waals surface area contributed by atoms with E-state index in [9.17, 15) is 10.4 Å². The summed E-state index contributed by atoms with van der Waals surface area (Å²) in [6, 6.07) is 0. The van der Waals surface area contributed by atoms with Crippen molar-refractivity contribution in [2.24, 2.45) is 5.73 Å². The Bertz CT molecular complexity index is 270. The molecule has 0 saturated carbocycles. The number of nitrogens with two attached hydrogens (primary N) is 1. The standard InChI is InChI=1S/C10H20N4O2/c1-2-7-12(8-5-6-11)14(16)10-4-3-9-13(14)15/h3-4,9-10,15H,2,5-8,11H2,1H3. The minimum absolute atomic E-state index is 0.533. The number of hydrogen-bond donors (Lipinski definition) is 2. The molecule has 1 heterocycles. The van der Waals surface area contributed by atoms with E-state index in [2.05, 4.69) is 0 Å². The van der Waals surface area contributed by atoms with Crippen molar-refractivity contribution in [1.29, 1.82) is 0 Å². The zero-order chi connectivity index (χ0) is 12.0. The summed E-state index contributed by atoms with van der Waals surface area (Å²) in [4.78, 5) is -0.982. The van der Waals surface area contributed by atoms with Gasteiger partial charge in [-0.05, 0) is 31.5 Å². The molecule has 0 amide bonds. The molecule has 1 aliphatic rings. The summed E-state index contributed by atoms with van der Waals surface area (Å²) < 4.78 is 0. The third-order valence-corrected chi connectivity index (χ3v) is 2.41. The van der Waals surface area contributed by atoms with Crippen LogP contribution in [0, 0.1) is 5.21 Å². The summed E-state index contributed by atoms with van der Waals surface area (Å²) in [5.74, 6) is 0. The minimum Gasteiger partial charge on any atom is -0.579 e. The number of quaternary nitrogens is 1. The molecule has 0 saturated heterocycles. The molecule has 92 valence electrons. The first-order valence-electron chi connectivity index (χ1n) is 5.55. The Hall–Kier alpha value is -0.920. The second-order valence-corrected chi connectivity index (χ2v) is 3.69. The Kier molecular flexibility index (Phi) is 4.91. The van der Waals surface area contributed by atoms with Crippen LogP contribution in [0.4, 0.5) is 0 Å². The van der Waals surface area contributed by atoms with E-state index in [-0.39, 0.29) is 0 Å². The molecule has 0 aromatic carbocycles. The zero-order valence-electron chi connectivity index (χ0n) is 9.62. The summed E-state index contributed by atoms with van der Waals surface area (Å²) in [6.07, 6.45) is 7.56. The third kappa shape index (κ3) is 2.81. The summed E-state index contributed by atoms with van der Waals surface area (Å²) in [6.45, 7) is 3.69. The average molecular weight is 228 g/mol. The summed E-state index contributed by atoms with van der Waals surface area (Å²) in [7, 11) is 0. The van der Waals surface area contributed by atoms with Gasteiger partial charge in [-0.1, -0.05) is 12.1 Å². The lowest BCUT2D eigenvalue weighted by Gasteiger charge is -2.48. The smallest absolute Gasteiger partial charge is 0.143 e. The monoisotopic (exact) mass is 228 g/mol. The number of hydroxylamine groups is 2. The molecular formula is C10H20N4O2. The van der Waals surface area contributed by atoms with E-state index >= 15 is 0 Å². The van der Waals surface area contributed by atoms with Crippen LogP contribution in [0.5, 0.6) is 0 Å². The second-order valence-electron chi connectivity index (χ2n) is 3.69. The van der Waals surface area contributed by atoms with Crippen molar-refractivity contribution in [3.63, 3.8) is 0 Å². The van der Waals surface area contributed by atoms with Gasteiger partial charge in [0.1, 0.15) is 6.20 Å². The second kappa shape index (κ2) is 5.97. The van der Waals surface area contributed by atoms with Crippen molar-refractivity contribution in [2.75, 3.05) is 19.6 Å². The summed E-state index contributed by atoms with van der Waals surface area (Å²) in [5, 5.41) is 24.3. The highest BCUT2D eigenvalue weighted by Crippen LogP contribution is 2.20. The highest BCUT2D eigenvalue weighted by atomic mass is 16.8. The molecule has 0 radical (unpaired) electrons. The summed E-state index contributed by atoms with van der Waals surface area (Å²) in [5.41, 5.74) is 5.44. The molecule has 1 aliphatic heterocycles. The Balaban J connectivity index is 2.74. The van der Waals surface area contributed by atoms with Crippen LogP contribution < -0.4 is 5.73 Å². The van der Waals surface area contributed by atoms with Crippen LogP contribution >= 0.6 is 0 Å². The van der Waals surface area contributed by atoms with Crippen molar-refractivity contribution in [3.05, 3.63) is 29.8 Å². The summed E-state index contributed by atoms with van der Waals surface area (Å²) >= 11 is 0. The molecular weight excluding hydrogens is 208 g/mol. The van der Waals surface area contributed by atoms with Crippen molar-refractivity contribution in [2.45, 2.75) is 19.8 Å². The van der Waals surface area contributed by atoms with Crippen LogP contribution in [0.1, 0.15) is 19.8 Å². The molecule has 0 aromatic heterocycles. The topological polar surface area (TPSA) is 75.8 Å².